The first-order valence-corrected chi connectivity index (χ1v) is 11.7. The number of carbonyl (C=O) groups is 1. The minimum atomic E-state index is 0.0150. The van der Waals surface area contributed by atoms with Crippen LogP contribution in [0.15, 0.2) is 64.7 Å². The molecule has 1 N–H and O–H groups in total. The predicted octanol–water partition coefficient (Wildman–Crippen LogP) is 5.84. The third kappa shape index (κ3) is 3.79. The molecule has 1 aromatic carbocycles. The summed E-state index contributed by atoms with van der Waals surface area (Å²) < 4.78 is 3.34. The van der Waals surface area contributed by atoms with Crippen molar-refractivity contribution in [3.05, 3.63) is 69.6 Å². The zero-order chi connectivity index (χ0) is 20.5. The summed E-state index contributed by atoms with van der Waals surface area (Å²) in [7, 11) is 0. The fraction of sp³-hybridized carbons (Fsp3) is 0.261. The fourth-order valence-corrected chi connectivity index (χ4v) is 5.63. The van der Waals surface area contributed by atoms with E-state index in [2.05, 4.69) is 49.0 Å². The van der Waals surface area contributed by atoms with Crippen LogP contribution < -0.4 is 5.32 Å². The molecule has 3 aromatic heterocycles. The van der Waals surface area contributed by atoms with Gasteiger partial charge in [0.25, 0.3) is 5.91 Å². The minimum absolute atomic E-state index is 0.0150. The number of nitrogens with zero attached hydrogens (tertiary/aromatic N) is 3. The van der Waals surface area contributed by atoms with Crippen LogP contribution in [-0.2, 0) is 0 Å². The highest BCUT2D eigenvalue weighted by Gasteiger charge is 2.28. The number of nitrogens with one attached hydrogen (secondary N) is 1. The van der Waals surface area contributed by atoms with Crippen molar-refractivity contribution in [1.82, 2.24) is 19.9 Å². The molecule has 2 atom stereocenters. The van der Waals surface area contributed by atoms with Gasteiger partial charge in [0, 0.05) is 30.0 Å². The summed E-state index contributed by atoms with van der Waals surface area (Å²) in [6, 6.07) is 16.5. The minimum Gasteiger partial charge on any atom is -0.349 e. The third-order valence-electron chi connectivity index (χ3n) is 5.68. The van der Waals surface area contributed by atoms with Gasteiger partial charge >= 0.3 is 0 Å². The first-order chi connectivity index (χ1) is 14.7. The topological polar surface area (TPSA) is 59.8 Å². The molecule has 7 heteroatoms. The summed E-state index contributed by atoms with van der Waals surface area (Å²) >= 11 is 4.91. The molecule has 3 heterocycles. The molecule has 0 aliphatic heterocycles. The first-order valence-electron chi connectivity index (χ1n) is 10.1. The van der Waals surface area contributed by atoms with Crippen molar-refractivity contribution in [2.24, 2.45) is 0 Å². The van der Waals surface area contributed by atoms with E-state index in [1.54, 1.807) is 0 Å². The molecular formula is C23H21BrN4OS. The Morgan fingerprint density at radius 3 is 2.73 bits per heavy atom. The zero-order valence-corrected chi connectivity index (χ0v) is 18.7. The van der Waals surface area contributed by atoms with Crippen molar-refractivity contribution in [2.75, 3.05) is 0 Å². The molecule has 1 aliphatic carbocycles. The lowest BCUT2D eigenvalue weighted by Gasteiger charge is -2.32. The largest absolute Gasteiger partial charge is 0.349 e. The van der Waals surface area contributed by atoms with Gasteiger partial charge in [-0.1, -0.05) is 12.1 Å². The normalized spacial score (nSPS) is 19.1. The zero-order valence-electron chi connectivity index (χ0n) is 16.3. The Morgan fingerprint density at radius 1 is 1.10 bits per heavy atom. The van der Waals surface area contributed by atoms with Crippen molar-refractivity contribution in [3.63, 3.8) is 0 Å². The van der Waals surface area contributed by atoms with E-state index in [0.717, 1.165) is 56.8 Å². The molecule has 152 valence electrons. The average molecular weight is 481 g/mol. The number of fused-ring (bicyclic) bond motifs is 1. The van der Waals surface area contributed by atoms with Gasteiger partial charge in [-0.25, -0.2) is 4.98 Å². The summed E-state index contributed by atoms with van der Waals surface area (Å²) in [6.45, 7) is 0. The first kappa shape index (κ1) is 19.5. The third-order valence-corrected chi connectivity index (χ3v) is 7.30. The van der Waals surface area contributed by atoms with Crippen molar-refractivity contribution < 1.29 is 4.79 Å². The standard InChI is InChI=1S/C23H21BrN4OS/c24-21-9-8-20(30-21)23(29)26-16-4-3-5-17(14-16)28-19-7-2-1-6-18(19)27-22(28)15-10-12-25-13-11-15/h1-2,6-13,16-17H,3-5,14H2,(H,26,29). The lowest BCUT2D eigenvalue weighted by molar-refractivity contribution is 0.0925. The van der Waals surface area contributed by atoms with Crippen LogP contribution in [0.2, 0.25) is 0 Å². The van der Waals surface area contributed by atoms with Gasteiger partial charge in [0.2, 0.25) is 0 Å². The maximum Gasteiger partial charge on any atom is 0.261 e. The second kappa shape index (κ2) is 8.32. The van der Waals surface area contributed by atoms with E-state index in [9.17, 15) is 4.79 Å². The van der Waals surface area contributed by atoms with E-state index in [-0.39, 0.29) is 18.0 Å². The van der Waals surface area contributed by atoms with Crippen molar-refractivity contribution in [1.29, 1.82) is 0 Å². The van der Waals surface area contributed by atoms with Crippen LogP contribution in [0, 0.1) is 0 Å². The van der Waals surface area contributed by atoms with Gasteiger partial charge in [-0.15, -0.1) is 11.3 Å². The van der Waals surface area contributed by atoms with Crippen LogP contribution in [-0.4, -0.2) is 26.5 Å². The number of pyridine rings is 1. The SMILES string of the molecule is O=C(NC1CCCC(n2c(-c3ccncc3)nc3ccccc32)C1)c1ccc(Br)s1. The van der Waals surface area contributed by atoms with Gasteiger partial charge in [-0.05, 0) is 78.0 Å². The maximum atomic E-state index is 12.7. The number of imidazole rings is 1. The smallest absolute Gasteiger partial charge is 0.261 e. The molecule has 0 saturated heterocycles. The number of aromatic nitrogens is 3. The second-order valence-corrected chi connectivity index (χ2v) is 10.1. The molecule has 1 saturated carbocycles. The van der Waals surface area contributed by atoms with Gasteiger partial charge in [0.05, 0.1) is 19.7 Å². The van der Waals surface area contributed by atoms with E-state index < -0.39 is 0 Å². The highest BCUT2D eigenvalue weighted by molar-refractivity contribution is 9.11. The maximum absolute atomic E-state index is 12.7. The molecule has 0 radical (unpaired) electrons. The predicted molar refractivity (Wildman–Crippen MR) is 124 cm³/mol. The van der Waals surface area contributed by atoms with Gasteiger partial charge in [0.15, 0.2) is 0 Å². The summed E-state index contributed by atoms with van der Waals surface area (Å²) in [4.78, 5) is 22.5. The average Bonchev–Trinajstić information content (AvgIpc) is 3.38. The molecule has 0 spiro atoms. The van der Waals surface area contributed by atoms with Crippen molar-refractivity contribution in [3.8, 4) is 11.4 Å². The highest BCUT2D eigenvalue weighted by Crippen LogP contribution is 2.36. The van der Waals surface area contributed by atoms with Crippen LogP contribution >= 0.6 is 27.3 Å². The van der Waals surface area contributed by atoms with E-state index >= 15 is 0 Å². The monoisotopic (exact) mass is 480 g/mol. The molecule has 5 nitrogen and oxygen atoms in total. The van der Waals surface area contributed by atoms with Crippen LogP contribution in [0.3, 0.4) is 0 Å². The van der Waals surface area contributed by atoms with E-state index in [0.29, 0.717) is 0 Å². The molecule has 1 fully saturated rings. The molecule has 1 amide bonds. The number of para-hydroxylation sites is 2. The summed E-state index contributed by atoms with van der Waals surface area (Å²) in [5, 5.41) is 3.25. The Kier molecular flexibility index (Phi) is 5.39. The lowest BCUT2D eigenvalue weighted by Crippen LogP contribution is -2.38. The lowest BCUT2D eigenvalue weighted by atomic mass is 9.90. The van der Waals surface area contributed by atoms with Crippen LogP contribution in [0.25, 0.3) is 22.4 Å². The Bertz CT molecular complexity index is 1190. The van der Waals surface area contributed by atoms with Crippen LogP contribution in [0.4, 0.5) is 0 Å². The van der Waals surface area contributed by atoms with Crippen molar-refractivity contribution >= 4 is 44.2 Å². The number of rotatable bonds is 4. The fourth-order valence-electron chi connectivity index (χ4n) is 4.34. The molecule has 0 bridgehead atoms. The van der Waals surface area contributed by atoms with Gasteiger partial charge in [-0.2, -0.15) is 0 Å². The number of hydrogen-bond acceptors (Lipinski definition) is 4. The van der Waals surface area contributed by atoms with E-state index in [1.165, 1.54) is 11.3 Å². The van der Waals surface area contributed by atoms with Gasteiger partial charge < -0.3 is 9.88 Å². The van der Waals surface area contributed by atoms with Gasteiger partial charge in [-0.3, -0.25) is 9.78 Å². The number of carbonyl (C=O) groups excluding carboxylic acids is 1. The Labute approximate surface area is 187 Å². The highest BCUT2D eigenvalue weighted by atomic mass is 79.9. The molecule has 30 heavy (non-hydrogen) atoms. The van der Waals surface area contributed by atoms with Crippen LogP contribution in [0.1, 0.15) is 41.4 Å². The summed E-state index contributed by atoms with van der Waals surface area (Å²) in [5.41, 5.74) is 3.21. The number of thiophene rings is 1. The Balaban J connectivity index is 1.45. The Morgan fingerprint density at radius 2 is 1.93 bits per heavy atom. The van der Waals surface area contributed by atoms with E-state index in [4.69, 9.17) is 4.98 Å². The number of halogens is 1. The number of benzene rings is 1. The molecule has 5 rings (SSSR count). The van der Waals surface area contributed by atoms with Crippen LogP contribution in [0.5, 0.6) is 0 Å². The van der Waals surface area contributed by atoms with Gasteiger partial charge in [0.1, 0.15) is 5.82 Å². The summed E-state index contributed by atoms with van der Waals surface area (Å²) in [5.74, 6) is 0.985. The molecule has 1 aliphatic rings. The van der Waals surface area contributed by atoms with Crippen molar-refractivity contribution in [2.45, 2.75) is 37.8 Å². The molecular weight excluding hydrogens is 460 g/mol. The number of hydrogen-bond donors (Lipinski definition) is 1. The molecule has 2 unspecified atom stereocenters. The van der Waals surface area contributed by atoms with E-state index in [1.807, 2.05) is 42.7 Å². The quantitative estimate of drug-likeness (QED) is 0.399. The number of amides is 1. The Hall–Kier alpha value is -2.51. The molecule has 4 aromatic rings. The summed E-state index contributed by atoms with van der Waals surface area (Å²) in [6.07, 6.45) is 7.67. The second-order valence-electron chi connectivity index (χ2n) is 7.62.